The summed E-state index contributed by atoms with van der Waals surface area (Å²) in [6, 6.07) is 24.4. The van der Waals surface area contributed by atoms with Crippen LogP contribution in [0.3, 0.4) is 0 Å². The number of hydrogen-bond donors (Lipinski definition) is 0. The second kappa shape index (κ2) is 10.8. The van der Waals surface area contributed by atoms with Crippen LogP contribution in [0.5, 0.6) is 11.5 Å². The van der Waals surface area contributed by atoms with Crippen LogP contribution in [0.25, 0.3) is 11.1 Å². The van der Waals surface area contributed by atoms with Crippen molar-refractivity contribution in [1.29, 1.82) is 0 Å². The number of amides is 3. The average molecular weight is 500 g/mol. The summed E-state index contributed by atoms with van der Waals surface area (Å²) in [5, 5.41) is 0.595. The van der Waals surface area contributed by atoms with Crippen LogP contribution in [0.2, 0.25) is 0 Å². The van der Waals surface area contributed by atoms with Crippen LogP contribution in [-0.4, -0.2) is 58.9 Å². The molecule has 5 rings (SSSR count). The van der Waals surface area contributed by atoms with Crippen LogP contribution in [-0.2, 0) is 21.0 Å². The van der Waals surface area contributed by atoms with Crippen molar-refractivity contribution in [2.45, 2.75) is 26.3 Å². The molecule has 2 aliphatic heterocycles. The third-order valence-corrected chi connectivity index (χ3v) is 6.59. The monoisotopic (exact) mass is 499 g/mol. The minimum Gasteiger partial charge on any atom is -0.457 e. The molecule has 3 aromatic carbocycles. The molecule has 0 unspecified atom stereocenters. The van der Waals surface area contributed by atoms with Crippen molar-refractivity contribution in [3.63, 3.8) is 0 Å². The maximum absolute atomic E-state index is 12.5. The van der Waals surface area contributed by atoms with Gasteiger partial charge in [-0.15, -0.1) is 5.06 Å². The van der Waals surface area contributed by atoms with Gasteiger partial charge in [-0.2, -0.15) is 0 Å². The van der Waals surface area contributed by atoms with Crippen LogP contribution in [0, 0.1) is 6.92 Å². The molecule has 0 N–H and O–H groups in total. The smallest absolute Gasteiger partial charge is 0.434 e. The van der Waals surface area contributed by atoms with E-state index in [2.05, 4.69) is 54.3 Å². The van der Waals surface area contributed by atoms with Gasteiger partial charge in [-0.3, -0.25) is 14.5 Å². The molecule has 2 fully saturated rings. The van der Waals surface area contributed by atoms with Gasteiger partial charge < -0.3 is 14.5 Å². The molecule has 3 aromatic rings. The number of imide groups is 1. The van der Waals surface area contributed by atoms with Crippen molar-refractivity contribution in [3.8, 4) is 22.6 Å². The van der Waals surface area contributed by atoms with Crippen molar-refractivity contribution in [2.24, 2.45) is 0 Å². The summed E-state index contributed by atoms with van der Waals surface area (Å²) in [6.07, 6.45) is -0.509. The number of hydroxylamine groups is 2. The highest BCUT2D eigenvalue weighted by Gasteiger charge is 2.35. The molecular weight excluding hydrogens is 470 g/mol. The summed E-state index contributed by atoms with van der Waals surface area (Å²) in [4.78, 5) is 44.8. The van der Waals surface area contributed by atoms with Gasteiger partial charge in [-0.05, 0) is 36.2 Å². The second-order valence-corrected chi connectivity index (χ2v) is 9.31. The lowest BCUT2D eigenvalue weighted by Crippen LogP contribution is -2.50. The van der Waals surface area contributed by atoms with E-state index in [4.69, 9.17) is 9.57 Å². The first kappa shape index (κ1) is 24.5. The van der Waals surface area contributed by atoms with Crippen molar-refractivity contribution in [3.05, 3.63) is 83.9 Å². The van der Waals surface area contributed by atoms with E-state index < -0.39 is 17.9 Å². The van der Waals surface area contributed by atoms with E-state index in [0.29, 0.717) is 37.8 Å². The number of carbonyl (C=O) groups excluding carboxylic acids is 3. The molecule has 0 radical (unpaired) electrons. The fraction of sp³-hybridized carbons (Fsp3) is 0.276. The molecule has 0 spiro atoms. The third kappa shape index (κ3) is 5.81. The van der Waals surface area contributed by atoms with E-state index in [9.17, 15) is 14.4 Å². The highest BCUT2D eigenvalue weighted by Crippen LogP contribution is 2.32. The average Bonchev–Trinajstić information content (AvgIpc) is 3.23. The Morgan fingerprint density at radius 2 is 1.51 bits per heavy atom. The molecule has 8 heteroatoms. The van der Waals surface area contributed by atoms with Crippen LogP contribution < -0.4 is 4.74 Å². The molecule has 8 nitrogen and oxygen atoms in total. The molecule has 0 aliphatic carbocycles. The fourth-order valence-electron chi connectivity index (χ4n) is 4.52. The number of piperazine rings is 1. The van der Waals surface area contributed by atoms with Crippen molar-refractivity contribution < 1.29 is 24.0 Å². The van der Waals surface area contributed by atoms with Crippen LogP contribution in [0.1, 0.15) is 24.0 Å². The number of hydrogen-bond acceptors (Lipinski definition) is 6. The SMILES string of the molecule is Cc1cccc(-c2ccc(CN3CCN(C(=O)ON4C(=O)CCC4=O)CC3)c(Oc3ccccc3)c2)c1. The zero-order valence-electron chi connectivity index (χ0n) is 20.8. The maximum Gasteiger partial charge on any atom is 0.434 e. The second-order valence-electron chi connectivity index (χ2n) is 9.31. The van der Waals surface area contributed by atoms with E-state index in [1.54, 1.807) is 0 Å². The molecule has 0 aromatic heterocycles. The molecule has 0 saturated carbocycles. The number of rotatable bonds is 6. The number of nitrogens with zero attached hydrogens (tertiary/aromatic N) is 3. The predicted molar refractivity (Wildman–Crippen MR) is 138 cm³/mol. The van der Waals surface area contributed by atoms with Gasteiger partial charge in [0.15, 0.2) is 0 Å². The van der Waals surface area contributed by atoms with Gasteiger partial charge in [0, 0.05) is 51.1 Å². The Hall–Kier alpha value is -4.17. The molecule has 2 saturated heterocycles. The predicted octanol–water partition coefficient (Wildman–Crippen LogP) is 4.77. The lowest BCUT2D eigenvalue weighted by atomic mass is 10.0. The summed E-state index contributed by atoms with van der Waals surface area (Å²) in [5.74, 6) is 0.607. The quantitative estimate of drug-likeness (QED) is 0.455. The van der Waals surface area contributed by atoms with Gasteiger partial charge in [0.2, 0.25) is 0 Å². The largest absolute Gasteiger partial charge is 0.457 e. The Morgan fingerprint density at radius 3 is 2.22 bits per heavy atom. The van der Waals surface area contributed by atoms with Gasteiger partial charge in [0.1, 0.15) is 11.5 Å². The molecule has 190 valence electrons. The molecule has 0 atom stereocenters. The topological polar surface area (TPSA) is 79.4 Å². The van der Waals surface area contributed by atoms with Crippen LogP contribution in [0.15, 0.2) is 72.8 Å². The molecule has 2 aliphatic rings. The minimum atomic E-state index is -0.668. The van der Waals surface area contributed by atoms with E-state index in [1.807, 2.05) is 30.3 Å². The van der Waals surface area contributed by atoms with E-state index >= 15 is 0 Å². The zero-order chi connectivity index (χ0) is 25.8. The van der Waals surface area contributed by atoms with E-state index in [1.165, 1.54) is 10.5 Å². The number of aryl methyl sites for hydroxylation is 1. The number of ether oxygens (including phenoxy) is 1. The Morgan fingerprint density at radius 1 is 0.811 bits per heavy atom. The van der Waals surface area contributed by atoms with Gasteiger partial charge >= 0.3 is 6.09 Å². The Kier molecular flexibility index (Phi) is 7.18. The van der Waals surface area contributed by atoms with Gasteiger partial charge in [-0.1, -0.05) is 60.2 Å². The fourth-order valence-corrected chi connectivity index (χ4v) is 4.52. The lowest BCUT2D eigenvalue weighted by Gasteiger charge is -2.34. The Bertz CT molecular complexity index is 1290. The first-order valence-corrected chi connectivity index (χ1v) is 12.4. The first-order chi connectivity index (χ1) is 18.0. The van der Waals surface area contributed by atoms with Crippen molar-refractivity contribution >= 4 is 17.9 Å². The van der Waals surface area contributed by atoms with Gasteiger partial charge in [0.05, 0.1) is 0 Å². The summed E-state index contributed by atoms with van der Waals surface area (Å²) < 4.78 is 6.32. The number of carbonyl (C=O) groups is 3. The van der Waals surface area contributed by atoms with Crippen LogP contribution >= 0.6 is 0 Å². The maximum atomic E-state index is 12.5. The van der Waals surface area contributed by atoms with Gasteiger partial charge in [-0.25, -0.2) is 4.79 Å². The van der Waals surface area contributed by atoms with Crippen molar-refractivity contribution in [1.82, 2.24) is 14.9 Å². The van der Waals surface area contributed by atoms with E-state index in [-0.39, 0.29) is 12.8 Å². The highest BCUT2D eigenvalue weighted by molar-refractivity contribution is 6.01. The van der Waals surface area contributed by atoms with Crippen molar-refractivity contribution in [2.75, 3.05) is 26.2 Å². The lowest BCUT2D eigenvalue weighted by molar-refractivity contribution is -0.174. The number of para-hydroxylation sites is 1. The normalized spacial score (nSPS) is 16.2. The molecular formula is C29H29N3O5. The molecule has 2 heterocycles. The molecule has 37 heavy (non-hydrogen) atoms. The standard InChI is InChI=1S/C29H29N3O5/c1-21-6-5-7-22(18-21)23-10-11-24(26(19-23)36-25-8-3-2-4-9-25)20-30-14-16-31(17-15-30)29(35)37-32-27(33)12-13-28(32)34/h2-11,18-19H,12-17,20H2,1H3. The van der Waals surface area contributed by atoms with Gasteiger partial charge in [0.25, 0.3) is 11.8 Å². The zero-order valence-corrected chi connectivity index (χ0v) is 20.8. The van der Waals surface area contributed by atoms with E-state index in [0.717, 1.165) is 28.2 Å². The molecule has 3 amide bonds. The summed E-state index contributed by atoms with van der Waals surface area (Å²) in [5.41, 5.74) is 4.45. The summed E-state index contributed by atoms with van der Waals surface area (Å²) in [7, 11) is 0. The summed E-state index contributed by atoms with van der Waals surface area (Å²) in [6.45, 7) is 4.86. The number of benzene rings is 3. The highest BCUT2D eigenvalue weighted by atomic mass is 16.7. The first-order valence-electron chi connectivity index (χ1n) is 12.4. The van der Waals surface area contributed by atoms with Crippen LogP contribution in [0.4, 0.5) is 4.79 Å². The third-order valence-electron chi connectivity index (χ3n) is 6.59. The summed E-state index contributed by atoms with van der Waals surface area (Å²) >= 11 is 0. The Labute approximate surface area is 215 Å². The molecule has 0 bridgehead atoms. The minimum absolute atomic E-state index is 0.0793. The Balaban J connectivity index is 1.27.